The van der Waals surface area contributed by atoms with E-state index in [0.717, 1.165) is 0 Å². The van der Waals surface area contributed by atoms with Gasteiger partial charge < -0.3 is 6.15 Å². The van der Waals surface area contributed by atoms with Crippen LogP contribution in [0.15, 0.2) is 0 Å². The molecule has 0 saturated carbocycles. The van der Waals surface area contributed by atoms with E-state index in [4.69, 9.17) is 0 Å². The van der Waals surface area contributed by atoms with Gasteiger partial charge in [0.25, 0.3) is 0 Å². The third kappa shape index (κ3) is 3.33. The average Bonchev–Trinajstić information content (AvgIpc) is 1.95. The van der Waals surface area contributed by atoms with Crippen LogP contribution in [-0.4, -0.2) is 21.2 Å². The van der Waals surface area contributed by atoms with Crippen LogP contribution in [0.3, 0.4) is 0 Å². The molecule has 0 saturated heterocycles. The van der Waals surface area contributed by atoms with E-state index in [1.807, 2.05) is 0 Å². The Morgan fingerprint density at radius 3 is 0.900 bits per heavy atom. The summed E-state index contributed by atoms with van der Waals surface area (Å²) in [4.78, 5) is 0. The second-order valence-electron chi connectivity index (χ2n) is 2.91. The molecule has 3 N–H and O–H groups in total. The molecule has 0 aliphatic rings. The fraction of sp³-hybridized carbons (Fsp3) is 1.00. The molecule has 0 aromatic heterocycles. The smallest absolute Gasteiger partial charge is 0.344 e. The van der Waals surface area contributed by atoms with Crippen molar-refractivity contribution in [3.05, 3.63) is 0 Å². The number of hydrogen-bond donors (Lipinski definition) is 1. The van der Waals surface area contributed by atoms with Gasteiger partial charge in [-0.15, -0.1) is 0 Å². The van der Waals surface area contributed by atoms with Crippen molar-refractivity contribution in [1.29, 1.82) is 0 Å². The van der Waals surface area contributed by atoms with Crippen LogP contribution in [-0.2, 0) is 0 Å². The van der Waals surface area contributed by atoms with Gasteiger partial charge in [0.1, 0.15) is 0 Å². The Hall–Kier alpha value is 0.882. The molecule has 2 heteroatoms. The quantitative estimate of drug-likeness (QED) is 0.779. The van der Waals surface area contributed by atoms with E-state index in [0.29, 0.717) is 0 Å². The zero-order valence-electron chi connectivity index (χ0n) is 8.04. The number of hydrogen-bond acceptors (Lipinski definition) is 1. The van der Waals surface area contributed by atoms with E-state index < -0.39 is 21.2 Å². The van der Waals surface area contributed by atoms with Crippen molar-refractivity contribution < 1.29 is 0 Å². The molecule has 0 fully saturated rings. The second kappa shape index (κ2) is 6.58. The van der Waals surface area contributed by atoms with Crippen molar-refractivity contribution in [2.24, 2.45) is 0 Å². The fourth-order valence-corrected chi connectivity index (χ4v) is 13.2. The first-order valence-electron chi connectivity index (χ1n) is 4.24. The molecular weight excluding hydrogens is 317 g/mol. The molecule has 0 radical (unpaired) electrons. The third-order valence-corrected chi connectivity index (χ3v) is 26.3. The topological polar surface area (TPSA) is 35.0 Å². The van der Waals surface area contributed by atoms with Crippen LogP contribution in [0.4, 0.5) is 0 Å². The summed E-state index contributed by atoms with van der Waals surface area (Å²) in [6.07, 6.45) is 0. The summed E-state index contributed by atoms with van der Waals surface area (Å²) in [5.41, 5.74) is 0. The monoisotopic (exact) mass is 341 g/mol. The summed E-state index contributed by atoms with van der Waals surface area (Å²) in [7, 11) is 0. The predicted octanol–water partition coefficient (Wildman–Crippen LogP) is 3.68. The van der Waals surface area contributed by atoms with Crippen LogP contribution in [0, 0.1) is 0 Å². The molecule has 0 atom stereocenters. The molecule has 0 aliphatic carbocycles. The minimum Gasteiger partial charge on any atom is -0.344 e. The van der Waals surface area contributed by atoms with Crippen molar-refractivity contribution in [3.63, 3.8) is 0 Å². The van der Waals surface area contributed by atoms with Crippen LogP contribution in [0.2, 0.25) is 15.9 Å². The van der Waals surface area contributed by atoms with Crippen LogP contribution in [0.5, 0.6) is 0 Å². The maximum atomic E-state index is 2.40. The minimum absolute atomic E-state index is 0. The molecule has 0 aliphatic heterocycles. The van der Waals surface area contributed by atoms with Crippen LogP contribution in [0.25, 0.3) is 0 Å². The third-order valence-electron chi connectivity index (χ3n) is 3.00. The first kappa shape index (κ1) is 13.5. The fourth-order valence-electron chi connectivity index (χ4n) is 1.50. The van der Waals surface area contributed by atoms with Crippen molar-refractivity contribution in [2.45, 2.75) is 43.6 Å². The predicted molar refractivity (Wildman–Crippen MR) is 52.7 cm³/mol. The molecule has 0 aromatic rings. The van der Waals surface area contributed by atoms with Crippen molar-refractivity contribution in [2.75, 3.05) is 0 Å². The van der Waals surface area contributed by atoms with E-state index in [1.165, 1.54) is 0 Å². The summed E-state index contributed by atoms with van der Waals surface area (Å²) < 4.78 is 6.26. The zero-order chi connectivity index (χ0) is 7.33. The molecule has 0 aromatic carbocycles. The average molecular weight is 340 g/mol. The normalized spacial score (nSPS) is 10.8. The molecule has 0 spiro atoms. The molecule has 0 amide bonds. The zero-order valence-corrected chi connectivity index (χ0v) is 11.9. The van der Waals surface area contributed by atoms with Crippen LogP contribution < -0.4 is 6.15 Å². The molecule has 10 heavy (non-hydrogen) atoms. The van der Waals surface area contributed by atoms with E-state index in [9.17, 15) is 0 Å². The standard InChI is InChI=1S/4C2H5.H3N.Pb/c4*1-2;;/h4*1H2,2H3;1H3;. The second-order valence-corrected chi connectivity index (χ2v) is 25.6. The summed E-state index contributed by atoms with van der Waals surface area (Å²) >= 11 is -1.51. The van der Waals surface area contributed by atoms with Gasteiger partial charge in [0.2, 0.25) is 0 Å². The largest absolute Gasteiger partial charge is 0.344 e. The minimum atomic E-state index is -1.51. The van der Waals surface area contributed by atoms with Gasteiger partial charge in [-0.1, -0.05) is 0 Å². The molecule has 64 valence electrons. The Labute approximate surface area is 70.8 Å². The van der Waals surface area contributed by atoms with Gasteiger partial charge in [-0.3, -0.25) is 0 Å². The van der Waals surface area contributed by atoms with Gasteiger partial charge in [0, 0.05) is 0 Å². The van der Waals surface area contributed by atoms with Gasteiger partial charge in [-0.25, -0.2) is 0 Å². The Balaban J connectivity index is 0. The molecule has 0 unspecified atom stereocenters. The van der Waals surface area contributed by atoms with Crippen molar-refractivity contribution in [1.82, 2.24) is 6.15 Å². The van der Waals surface area contributed by atoms with Crippen molar-refractivity contribution >= 4 is 21.2 Å². The maximum absolute atomic E-state index is 2.40. The van der Waals surface area contributed by atoms with Gasteiger partial charge in [0.05, 0.1) is 0 Å². The molecular formula is C8H23NPb. The van der Waals surface area contributed by atoms with Crippen LogP contribution in [0.1, 0.15) is 27.7 Å². The van der Waals surface area contributed by atoms with Gasteiger partial charge >= 0.3 is 64.8 Å². The molecule has 1 nitrogen and oxygen atoms in total. The number of rotatable bonds is 4. The summed E-state index contributed by atoms with van der Waals surface area (Å²) in [6, 6.07) is 0. The molecule has 0 heterocycles. The Bertz CT molecular complexity index is 52.1. The van der Waals surface area contributed by atoms with E-state index >= 15 is 0 Å². The summed E-state index contributed by atoms with van der Waals surface area (Å²) in [6.45, 7) is 9.60. The summed E-state index contributed by atoms with van der Waals surface area (Å²) in [5.74, 6) is 0. The van der Waals surface area contributed by atoms with Gasteiger partial charge in [-0.2, -0.15) is 0 Å². The van der Waals surface area contributed by atoms with E-state index in [-0.39, 0.29) is 6.15 Å². The van der Waals surface area contributed by atoms with Gasteiger partial charge in [0.15, 0.2) is 0 Å². The molecule has 0 rings (SSSR count). The Kier molecular flexibility index (Phi) is 8.87. The maximum Gasteiger partial charge on any atom is -0.344 e. The summed E-state index contributed by atoms with van der Waals surface area (Å²) in [5, 5.41) is 0. The van der Waals surface area contributed by atoms with E-state index in [2.05, 4.69) is 27.7 Å². The molecule has 0 bridgehead atoms. The SMILES string of the molecule is C[CH2][Pb]([CH2]C)([CH2]C)[CH2]C.N. The van der Waals surface area contributed by atoms with E-state index in [1.54, 1.807) is 15.9 Å². The Morgan fingerprint density at radius 1 is 0.700 bits per heavy atom. The van der Waals surface area contributed by atoms with Crippen LogP contribution >= 0.6 is 0 Å². The van der Waals surface area contributed by atoms with Gasteiger partial charge in [-0.05, 0) is 0 Å². The first-order valence-corrected chi connectivity index (χ1v) is 15.2. The first-order chi connectivity index (χ1) is 4.24. The van der Waals surface area contributed by atoms with Crippen molar-refractivity contribution in [3.8, 4) is 0 Å². The Morgan fingerprint density at radius 2 is 0.900 bits per heavy atom.